The van der Waals surface area contributed by atoms with Crippen molar-refractivity contribution >= 4 is 43.2 Å². The van der Waals surface area contributed by atoms with Crippen LogP contribution in [0.25, 0.3) is 0 Å². The van der Waals surface area contributed by atoms with Crippen LogP contribution in [0, 0.1) is 12.3 Å². The van der Waals surface area contributed by atoms with E-state index in [0.29, 0.717) is 21.4 Å². The van der Waals surface area contributed by atoms with Crippen molar-refractivity contribution < 1.29 is 17.9 Å². The molecule has 0 bridgehead atoms. The molecule has 0 saturated carbocycles. The van der Waals surface area contributed by atoms with E-state index in [-0.39, 0.29) is 23.2 Å². The largest absolute Gasteiger partial charge is 0.482 e. The number of anilines is 2. The number of hydrogen-bond donors (Lipinski definition) is 2. The maximum Gasteiger partial charge on any atom is 0.263 e. The van der Waals surface area contributed by atoms with E-state index in [1.54, 1.807) is 24.3 Å². The number of nitrogens with one attached hydrogen (secondary N) is 2. The summed E-state index contributed by atoms with van der Waals surface area (Å²) in [5, 5.41) is 2.61. The first-order valence-corrected chi connectivity index (χ1v) is 9.02. The van der Waals surface area contributed by atoms with E-state index in [2.05, 4.69) is 31.9 Å². The zero-order valence-corrected chi connectivity index (χ0v) is 14.6. The second-order valence-electron chi connectivity index (χ2n) is 4.95. The number of ether oxygens (including phenoxy) is 1. The first-order chi connectivity index (χ1) is 11.4. The van der Waals surface area contributed by atoms with E-state index < -0.39 is 10.0 Å². The first kappa shape index (κ1) is 16.4. The number of fused-ring (bicyclic) bond motifs is 1. The summed E-state index contributed by atoms with van der Waals surface area (Å²) in [6, 6.07) is 9.35. The van der Waals surface area contributed by atoms with Crippen molar-refractivity contribution in [1.29, 1.82) is 0 Å². The van der Waals surface area contributed by atoms with Gasteiger partial charge in [0.15, 0.2) is 6.61 Å². The summed E-state index contributed by atoms with van der Waals surface area (Å²) in [6.07, 6.45) is 5.32. The molecule has 0 spiro atoms. The van der Waals surface area contributed by atoms with Gasteiger partial charge in [-0.25, -0.2) is 8.42 Å². The molecule has 6 nitrogen and oxygen atoms in total. The van der Waals surface area contributed by atoms with Crippen LogP contribution in [0.4, 0.5) is 11.4 Å². The van der Waals surface area contributed by atoms with Gasteiger partial charge in [-0.2, -0.15) is 0 Å². The highest BCUT2D eigenvalue weighted by molar-refractivity contribution is 9.10. The number of carbonyl (C=O) groups excluding carboxylic acids is 1. The Balaban J connectivity index is 1.98. The van der Waals surface area contributed by atoms with E-state index >= 15 is 0 Å². The molecule has 1 amide bonds. The molecule has 2 N–H and O–H groups in total. The molecular weight excluding hydrogens is 396 g/mol. The van der Waals surface area contributed by atoms with Crippen molar-refractivity contribution in [1.82, 2.24) is 0 Å². The molecule has 0 radical (unpaired) electrons. The van der Waals surface area contributed by atoms with Crippen molar-refractivity contribution in [3.8, 4) is 18.1 Å². The quantitative estimate of drug-likeness (QED) is 0.767. The molecule has 1 aliphatic rings. The standard InChI is InChI=1S/C16H11BrN2O4S/c1-2-10-4-3-5-11(6-10)19-24(21,22)15-8-14-13(7-12(15)17)18-16(20)9-23-14/h1,3-8,19H,9H2,(H,18,20). The maximum atomic E-state index is 12.6. The van der Waals surface area contributed by atoms with Crippen molar-refractivity contribution in [2.75, 3.05) is 16.6 Å². The van der Waals surface area contributed by atoms with E-state index in [9.17, 15) is 13.2 Å². The fourth-order valence-corrected chi connectivity index (χ4v) is 4.28. The van der Waals surface area contributed by atoms with Crippen molar-refractivity contribution in [2.45, 2.75) is 4.90 Å². The lowest BCUT2D eigenvalue weighted by molar-refractivity contribution is -0.118. The lowest BCUT2D eigenvalue weighted by atomic mass is 10.2. The number of hydrogen-bond acceptors (Lipinski definition) is 4. The Kier molecular flexibility index (Phi) is 4.22. The fourth-order valence-electron chi connectivity index (χ4n) is 2.17. The van der Waals surface area contributed by atoms with Gasteiger partial charge in [0.2, 0.25) is 0 Å². The number of carbonyl (C=O) groups is 1. The molecule has 1 heterocycles. The summed E-state index contributed by atoms with van der Waals surface area (Å²) in [5.74, 6) is 2.44. The van der Waals surface area contributed by atoms with Crippen LogP contribution < -0.4 is 14.8 Å². The molecule has 0 fully saturated rings. The van der Waals surface area contributed by atoms with Gasteiger partial charge in [-0.1, -0.05) is 12.0 Å². The van der Waals surface area contributed by atoms with E-state index in [1.165, 1.54) is 12.1 Å². The summed E-state index contributed by atoms with van der Waals surface area (Å²) < 4.78 is 33.3. The van der Waals surface area contributed by atoms with Crippen molar-refractivity contribution in [3.63, 3.8) is 0 Å². The fraction of sp³-hybridized carbons (Fsp3) is 0.0625. The highest BCUT2D eigenvalue weighted by Crippen LogP contribution is 2.36. The number of halogens is 1. The third-order valence-electron chi connectivity index (χ3n) is 3.24. The predicted octanol–water partition coefficient (Wildman–Crippen LogP) is 2.56. The minimum atomic E-state index is -3.87. The summed E-state index contributed by atoms with van der Waals surface area (Å²) >= 11 is 3.21. The minimum Gasteiger partial charge on any atom is -0.482 e. The average Bonchev–Trinajstić information content (AvgIpc) is 2.53. The molecule has 0 aromatic heterocycles. The molecule has 1 aliphatic heterocycles. The molecule has 2 aromatic rings. The highest BCUT2D eigenvalue weighted by Gasteiger charge is 2.24. The smallest absolute Gasteiger partial charge is 0.263 e. The molecule has 0 unspecified atom stereocenters. The monoisotopic (exact) mass is 406 g/mol. The molecule has 8 heteroatoms. The minimum absolute atomic E-state index is 0.0106. The number of rotatable bonds is 3. The zero-order chi connectivity index (χ0) is 17.3. The second kappa shape index (κ2) is 6.19. The van der Waals surface area contributed by atoms with Crippen LogP contribution in [0.2, 0.25) is 0 Å². The molecule has 0 saturated heterocycles. The Morgan fingerprint density at radius 3 is 2.83 bits per heavy atom. The third-order valence-corrected chi connectivity index (χ3v) is 5.58. The second-order valence-corrected chi connectivity index (χ2v) is 7.45. The van der Waals surface area contributed by atoms with Gasteiger partial charge in [-0.15, -0.1) is 6.42 Å². The first-order valence-electron chi connectivity index (χ1n) is 6.75. The number of benzene rings is 2. The van der Waals surface area contributed by atoms with Gasteiger partial charge in [0.1, 0.15) is 10.6 Å². The Morgan fingerprint density at radius 1 is 1.29 bits per heavy atom. The van der Waals surface area contributed by atoms with Gasteiger partial charge in [0.25, 0.3) is 15.9 Å². The average molecular weight is 407 g/mol. The lowest BCUT2D eigenvalue weighted by Gasteiger charge is -2.19. The summed E-state index contributed by atoms with van der Waals surface area (Å²) in [4.78, 5) is 11.3. The molecule has 2 aromatic carbocycles. The Hall–Kier alpha value is -2.50. The normalized spacial score (nSPS) is 13.2. The SMILES string of the molecule is C#Cc1cccc(NS(=O)(=O)c2cc3c(cc2Br)NC(=O)CO3)c1. The summed E-state index contributed by atoms with van der Waals surface area (Å²) in [6.45, 7) is -0.161. The van der Waals surface area contributed by atoms with E-state index in [0.717, 1.165) is 0 Å². The number of terminal acetylenes is 1. The van der Waals surface area contributed by atoms with Crippen molar-refractivity contribution in [2.24, 2.45) is 0 Å². The van der Waals surface area contributed by atoms with Gasteiger partial charge in [0, 0.05) is 16.1 Å². The summed E-state index contributed by atoms with van der Waals surface area (Å²) in [7, 11) is -3.87. The molecule has 3 rings (SSSR count). The topological polar surface area (TPSA) is 84.5 Å². The Morgan fingerprint density at radius 2 is 2.08 bits per heavy atom. The molecule has 122 valence electrons. The van der Waals surface area contributed by atoms with Crippen molar-refractivity contribution in [3.05, 3.63) is 46.4 Å². The van der Waals surface area contributed by atoms with Crippen LogP contribution in [0.1, 0.15) is 5.56 Å². The molecule has 0 aliphatic carbocycles. The lowest BCUT2D eigenvalue weighted by Crippen LogP contribution is -2.26. The number of sulfonamides is 1. The van der Waals surface area contributed by atoms with Crippen LogP contribution in [-0.2, 0) is 14.8 Å². The van der Waals surface area contributed by atoms with Gasteiger partial charge in [-0.05, 0) is 40.2 Å². The maximum absolute atomic E-state index is 12.6. The van der Waals surface area contributed by atoms with Gasteiger partial charge in [-0.3, -0.25) is 9.52 Å². The van der Waals surface area contributed by atoms with Crippen LogP contribution in [0.3, 0.4) is 0 Å². The Labute approximate surface area is 147 Å². The van der Waals surface area contributed by atoms with E-state index in [4.69, 9.17) is 11.2 Å². The molecule has 24 heavy (non-hydrogen) atoms. The highest BCUT2D eigenvalue weighted by atomic mass is 79.9. The molecule has 0 atom stereocenters. The summed E-state index contributed by atoms with van der Waals surface area (Å²) in [5.41, 5.74) is 1.32. The van der Waals surface area contributed by atoms with Crippen LogP contribution in [0.5, 0.6) is 5.75 Å². The van der Waals surface area contributed by atoms with Crippen LogP contribution in [-0.4, -0.2) is 20.9 Å². The predicted molar refractivity (Wildman–Crippen MR) is 93.5 cm³/mol. The third kappa shape index (κ3) is 3.22. The van der Waals surface area contributed by atoms with Gasteiger partial charge >= 0.3 is 0 Å². The Bertz CT molecular complexity index is 980. The van der Waals surface area contributed by atoms with Crippen LogP contribution >= 0.6 is 15.9 Å². The van der Waals surface area contributed by atoms with Gasteiger partial charge < -0.3 is 10.1 Å². The number of amides is 1. The van der Waals surface area contributed by atoms with Crippen LogP contribution in [0.15, 0.2) is 45.8 Å². The molecular formula is C16H11BrN2O4S. The van der Waals surface area contributed by atoms with Gasteiger partial charge in [0.05, 0.1) is 11.4 Å². The zero-order valence-electron chi connectivity index (χ0n) is 12.2. The van der Waals surface area contributed by atoms with E-state index in [1.807, 2.05) is 0 Å².